The Morgan fingerprint density at radius 1 is 1.04 bits per heavy atom. The minimum absolute atomic E-state index is 0.696. The lowest BCUT2D eigenvalue weighted by molar-refractivity contribution is 0.222. The number of nitrogen functional groups attached to an aromatic ring is 1. The first kappa shape index (κ1) is 17.7. The number of hydrogen-bond donors (Lipinski definition) is 3. The van der Waals surface area contributed by atoms with Crippen molar-refractivity contribution in [3.8, 4) is 0 Å². The van der Waals surface area contributed by atoms with Crippen LogP contribution in [0.3, 0.4) is 0 Å². The van der Waals surface area contributed by atoms with Gasteiger partial charge in [0.25, 0.3) is 0 Å². The second kappa shape index (κ2) is 6.90. The zero-order chi connectivity index (χ0) is 19.1. The van der Waals surface area contributed by atoms with Crippen LogP contribution in [-0.2, 0) is 18.6 Å². The molecule has 28 heavy (non-hydrogen) atoms. The summed E-state index contributed by atoms with van der Waals surface area (Å²) < 4.78 is 0. The van der Waals surface area contributed by atoms with E-state index in [1.54, 1.807) is 0 Å². The zero-order valence-corrected chi connectivity index (χ0v) is 16.3. The smallest absolute Gasteiger partial charge is 0.209 e. The quantitative estimate of drug-likeness (QED) is 0.556. The number of nitrogens with two attached hydrogens (primary N) is 2. The minimum atomic E-state index is -0.974. The number of benzene rings is 2. The average molecular weight is 376 g/mol. The number of anilines is 2. The minimum Gasteiger partial charge on any atom is -0.397 e. The SMILES string of the molecule is Nc1cccc2c1NC(N)(c1ccc3c(c1)CCC(N1CCCC1)CC3)N=C2. The zero-order valence-electron chi connectivity index (χ0n) is 16.3. The van der Waals surface area contributed by atoms with Gasteiger partial charge in [0.05, 0.1) is 11.4 Å². The maximum absolute atomic E-state index is 6.69. The second-order valence-electron chi connectivity index (χ2n) is 8.42. The van der Waals surface area contributed by atoms with Gasteiger partial charge in [-0.1, -0.05) is 24.3 Å². The summed E-state index contributed by atoms with van der Waals surface area (Å²) in [4.78, 5) is 7.34. The lowest BCUT2D eigenvalue weighted by Gasteiger charge is -2.33. The summed E-state index contributed by atoms with van der Waals surface area (Å²) in [5.74, 6) is -0.974. The first-order valence-corrected chi connectivity index (χ1v) is 10.5. The molecule has 2 heterocycles. The molecular weight excluding hydrogens is 346 g/mol. The lowest BCUT2D eigenvalue weighted by Crippen LogP contribution is -2.45. The molecule has 5 nitrogen and oxygen atoms in total. The monoisotopic (exact) mass is 375 g/mol. The molecule has 2 aliphatic heterocycles. The molecule has 1 saturated heterocycles. The molecule has 1 aliphatic carbocycles. The van der Waals surface area contributed by atoms with Gasteiger partial charge in [-0.15, -0.1) is 0 Å². The molecule has 2 aromatic rings. The fraction of sp³-hybridized carbons (Fsp3) is 0.435. The number of aryl methyl sites for hydroxylation is 2. The predicted octanol–water partition coefficient (Wildman–Crippen LogP) is 3.23. The molecule has 2 aromatic carbocycles. The van der Waals surface area contributed by atoms with Crippen molar-refractivity contribution in [1.82, 2.24) is 4.90 Å². The molecule has 3 aliphatic rings. The van der Waals surface area contributed by atoms with Gasteiger partial charge in [-0.25, -0.2) is 4.99 Å². The van der Waals surface area contributed by atoms with Crippen molar-refractivity contribution < 1.29 is 0 Å². The number of para-hydroxylation sites is 1. The molecule has 0 radical (unpaired) electrons. The highest BCUT2D eigenvalue weighted by atomic mass is 15.3. The van der Waals surface area contributed by atoms with E-state index in [1.807, 2.05) is 24.4 Å². The van der Waals surface area contributed by atoms with Crippen LogP contribution in [0, 0.1) is 0 Å². The van der Waals surface area contributed by atoms with Crippen LogP contribution in [0.15, 0.2) is 41.4 Å². The van der Waals surface area contributed by atoms with Gasteiger partial charge in [0.15, 0.2) is 0 Å². The van der Waals surface area contributed by atoms with Crippen LogP contribution in [-0.4, -0.2) is 30.2 Å². The van der Waals surface area contributed by atoms with E-state index in [2.05, 4.69) is 33.4 Å². The molecule has 5 N–H and O–H groups in total. The van der Waals surface area contributed by atoms with Crippen LogP contribution in [0.1, 0.15) is 47.9 Å². The fourth-order valence-electron chi connectivity index (χ4n) is 4.98. The predicted molar refractivity (Wildman–Crippen MR) is 116 cm³/mol. The second-order valence-corrected chi connectivity index (χ2v) is 8.42. The number of hydrogen-bond acceptors (Lipinski definition) is 5. The van der Waals surface area contributed by atoms with Crippen molar-refractivity contribution in [2.24, 2.45) is 10.7 Å². The third-order valence-corrected chi connectivity index (χ3v) is 6.65. The number of nitrogens with zero attached hydrogens (tertiary/aromatic N) is 2. The van der Waals surface area contributed by atoms with Crippen LogP contribution in [0.25, 0.3) is 0 Å². The van der Waals surface area contributed by atoms with E-state index < -0.39 is 5.79 Å². The average Bonchev–Trinajstić information content (AvgIpc) is 3.16. The van der Waals surface area contributed by atoms with Crippen molar-refractivity contribution >= 4 is 17.6 Å². The Balaban J connectivity index is 1.41. The van der Waals surface area contributed by atoms with E-state index in [4.69, 9.17) is 11.5 Å². The fourth-order valence-corrected chi connectivity index (χ4v) is 4.98. The van der Waals surface area contributed by atoms with Gasteiger partial charge in [-0.2, -0.15) is 0 Å². The molecule has 146 valence electrons. The Kier molecular flexibility index (Phi) is 4.37. The maximum atomic E-state index is 6.69. The summed E-state index contributed by atoms with van der Waals surface area (Å²) in [5.41, 5.74) is 19.3. The Bertz CT molecular complexity index is 915. The van der Waals surface area contributed by atoms with Gasteiger partial charge in [-0.3, -0.25) is 5.73 Å². The Morgan fingerprint density at radius 2 is 1.82 bits per heavy atom. The van der Waals surface area contributed by atoms with Gasteiger partial charge < -0.3 is 16.0 Å². The molecule has 2 atom stereocenters. The highest BCUT2D eigenvalue weighted by molar-refractivity contribution is 5.94. The molecule has 2 unspecified atom stereocenters. The van der Waals surface area contributed by atoms with Gasteiger partial charge in [0, 0.05) is 23.4 Å². The molecule has 0 aromatic heterocycles. The number of aliphatic imine (C=N–C) groups is 1. The molecule has 0 bridgehead atoms. The van der Waals surface area contributed by atoms with E-state index in [9.17, 15) is 0 Å². The largest absolute Gasteiger partial charge is 0.397 e. The third kappa shape index (κ3) is 3.09. The summed E-state index contributed by atoms with van der Waals surface area (Å²) in [6.45, 7) is 2.55. The van der Waals surface area contributed by atoms with Gasteiger partial charge >= 0.3 is 0 Å². The van der Waals surface area contributed by atoms with E-state index in [-0.39, 0.29) is 0 Å². The first-order chi connectivity index (χ1) is 13.6. The van der Waals surface area contributed by atoms with Crippen LogP contribution in [0.5, 0.6) is 0 Å². The molecule has 5 heteroatoms. The number of nitrogens with one attached hydrogen (secondary N) is 1. The summed E-state index contributed by atoms with van der Waals surface area (Å²) >= 11 is 0. The Hall–Kier alpha value is -2.37. The summed E-state index contributed by atoms with van der Waals surface area (Å²) in [5, 5.41) is 3.38. The van der Waals surface area contributed by atoms with Crippen LogP contribution < -0.4 is 16.8 Å². The lowest BCUT2D eigenvalue weighted by atomic mass is 9.96. The highest BCUT2D eigenvalue weighted by Crippen LogP contribution is 2.34. The summed E-state index contributed by atoms with van der Waals surface area (Å²) in [6.07, 6.45) is 9.32. The van der Waals surface area contributed by atoms with Crippen molar-refractivity contribution in [3.05, 3.63) is 58.7 Å². The summed E-state index contributed by atoms with van der Waals surface area (Å²) in [6, 6.07) is 13.2. The van der Waals surface area contributed by atoms with E-state index >= 15 is 0 Å². The van der Waals surface area contributed by atoms with Crippen molar-refractivity contribution in [2.45, 2.75) is 50.4 Å². The van der Waals surface area contributed by atoms with Gasteiger partial charge in [0.1, 0.15) is 0 Å². The molecular formula is C23H29N5. The number of fused-ring (bicyclic) bond motifs is 2. The highest BCUT2D eigenvalue weighted by Gasteiger charge is 2.32. The van der Waals surface area contributed by atoms with Gasteiger partial charge in [0.2, 0.25) is 5.79 Å². The van der Waals surface area contributed by atoms with E-state index in [0.717, 1.165) is 35.7 Å². The van der Waals surface area contributed by atoms with Crippen LogP contribution in [0.2, 0.25) is 0 Å². The van der Waals surface area contributed by atoms with Crippen molar-refractivity contribution in [2.75, 3.05) is 24.1 Å². The number of rotatable bonds is 2. The van der Waals surface area contributed by atoms with Gasteiger partial charge in [-0.05, 0) is 74.9 Å². The van der Waals surface area contributed by atoms with Crippen LogP contribution in [0.4, 0.5) is 11.4 Å². The van der Waals surface area contributed by atoms with Crippen LogP contribution >= 0.6 is 0 Å². The Labute approximate surface area is 166 Å². The topological polar surface area (TPSA) is 79.7 Å². The molecule has 0 spiro atoms. The standard InChI is InChI=1S/C23H29N5/c24-21-5-3-4-18-15-26-23(25,27-22(18)21)19-9-6-16-7-10-20(11-8-17(16)14-19)28-12-1-2-13-28/h3-6,9,14-15,20,27H,1-2,7-8,10-13,24-25H2. The molecule has 5 rings (SSSR count). The van der Waals surface area contributed by atoms with E-state index in [1.165, 1.54) is 49.9 Å². The molecule has 1 fully saturated rings. The molecule has 0 saturated carbocycles. The summed E-state index contributed by atoms with van der Waals surface area (Å²) in [7, 11) is 0. The van der Waals surface area contributed by atoms with Crippen molar-refractivity contribution in [1.29, 1.82) is 0 Å². The maximum Gasteiger partial charge on any atom is 0.209 e. The molecule has 0 amide bonds. The van der Waals surface area contributed by atoms with E-state index in [0.29, 0.717) is 5.69 Å². The first-order valence-electron chi connectivity index (χ1n) is 10.5. The number of likely N-dealkylation sites (tertiary alicyclic amines) is 1. The normalized spacial score (nSPS) is 27.0. The van der Waals surface area contributed by atoms with Crippen molar-refractivity contribution in [3.63, 3.8) is 0 Å². The Morgan fingerprint density at radius 3 is 2.64 bits per heavy atom. The third-order valence-electron chi connectivity index (χ3n) is 6.65.